The Bertz CT molecular complexity index is 1020. The molecule has 0 unspecified atom stereocenters. The Labute approximate surface area is 244 Å². The van der Waals surface area contributed by atoms with E-state index in [0.29, 0.717) is 63.9 Å². The molecule has 0 saturated carbocycles. The van der Waals surface area contributed by atoms with E-state index in [2.05, 4.69) is 25.9 Å². The largest absolute Gasteiger partial charge is 0.480 e. The number of likely N-dealkylation sites (tertiary alicyclic amines) is 1. The molecular formula is C26H45N9O7. The smallest absolute Gasteiger partial charge is 0.326 e. The van der Waals surface area contributed by atoms with Gasteiger partial charge in [0.2, 0.25) is 23.6 Å². The highest BCUT2D eigenvalue weighted by molar-refractivity contribution is 5.95. The van der Waals surface area contributed by atoms with Gasteiger partial charge in [-0.25, -0.2) is 9.78 Å². The van der Waals surface area contributed by atoms with Crippen LogP contribution in [0.2, 0.25) is 0 Å². The standard InChI is InChI=1S/C26H45N9O7/c27-9-3-1-6-18(23(38)34-20(26(41)42)12-16-13-30-15-31-16)32-22(37)19(7-2-4-10-28)33-24(39)21-8-5-11-35(21)25(40)17(29)14-36/h13,15,17-21,36H,1-12,14,27-29H2,(H,30,31)(H,32,37)(H,33,39)(H,34,38)(H,41,42)/t17-,18-,19-,20-,21-/m0/s1. The number of carboxylic acid groups (broad SMARTS) is 1. The van der Waals surface area contributed by atoms with Crippen LogP contribution >= 0.6 is 0 Å². The predicted molar refractivity (Wildman–Crippen MR) is 151 cm³/mol. The summed E-state index contributed by atoms with van der Waals surface area (Å²) in [5.41, 5.74) is 17.4. The van der Waals surface area contributed by atoms with Crippen molar-refractivity contribution in [3.05, 3.63) is 18.2 Å². The summed E-state index contributed by atoms with van der Waals surface area (Å²) < 4.78 is 0. The molecule has 0 aliphatic carbocycles. The minimum absolute atomic E-state index is 0.0428. The van der Waals surface area contributed by atoms with E-state index in [9.17, 15) is 34.2 Å². The Morgan fingerprint density at radius 2 is 1.57 bits per heavy atom. The zero-order valence-electron chi connectivity index (χ0n) is 23.8. The number of carboxylic acids is 1. The SMILES string of the molecule is NCCCC[C@H](NC(=O)[C@H](CCCCN)NC(=O)[C@@H]1CCCN1C(=O)[C@@H](N)CO)C(=O)N[C@@H](Cc1cnc[nH]1)C(=O)O. The Hall–Kier alpha value is -3.60. The van der Waals surface area contributed by atoms with Gasteiger partial charge in [0.1, 0.15) is 30.2 Å². The molecule has 0 aromatic carbocycles. The number of amides is 4. The topological polar surface area (TPSA) is 272 Å². The molecule has 16 nitrogen and oxygen atoms in total. The molecule has 5 atom stereocenters. The summed E-state index contributed by atoms with van der Waals surface area (Å²) in [5.74, 6) is -3.68. The van der Waals surface area contributed by atoms with Crippen LogP contribution in [0.5, 0.6) is 0 Å². The van der Waals surface area contributed by atoms with Gasteiger partial charge in [0.05, 0.1) is 12.9 Å². The first-order chi connectivity index (χ1) is 20.1. The summed E-state index contributed by atoms with van der Waals surface area (Å²) in [7, 11) is 0. The van der Waals surface area contributed by atoms with Gasteiger partial charge in [-0.05, 0) is 64.5 Å². The van der Waals surface area contributed by atoms with Gasteiger partial charge >= 0.3 is 5.97 Å². The van der Waals surface area contributed by atoms with Gasteiger partial charge in [0.25, 0.3) is 0 Å². The summed E-state index contributed by atoms with van der Waals surface area (Å²) in [6.07, 6.45) is 6.30. The highest BCUT2D eigenvalue weighted by atomic mass is 16.4. The van der Waals surface area contributed by atoms with Crippen molar-refractivity contribution < 1.29 is 34.2 Å². The minimum Gasteiger partial charge on any atom is -0.480 e. The zero-order valence-corrected chi connectivity index (χ0v) is 23.8. The second-order valence-corrected chi connectivity index (χ2v) is 10.4. The summed E-state index contributed by atoms with van der Waals surface area (Å²) in [5, 5.41) is 26.8. The Kier molecular flexibility index (Phi) is 14.9. The Morgan fingerprint density at radius 1 is 0.976 bits per heavy atom. The van der Waals surface area contributed by atoms with E-state index < -0.39 is 66.4 Å². The van der Waals surface area contributed by atoms with Crippen molar-refractivity contribution in [2.75, 3.05) is 26.2 Å². The summed E-state index contributed by atoms with van der Waals surface area (Å²) >= 11 is 0. The van der Waals surface area contributed by atoms with Gasteiger partial charge in [-0.15, -0.1) is 0 Å². The van der Waals surface area contributed by atoms with E-state index in [1.54, 1.807) is 0 Å². The highest BCUT2D eigenvalue weighted by Gasteiger charge is 2.38. The maximum absolute atomic E-state index is 13.5. The van der Waals surface area contributed by atoms with Crippen molar-refractivity contribution in [2.24, 2.45) is 17.2 Å². The fraction of sp³-hybridized carbons (Fsp3) is 0.692. The number of rotatable bonds is 19. The summed E-state index contributed by atoms with van der Waals surface area (Å²) in [4.78, 5) is 72.3. The molecule has 42 heavy (non-hydrogen) atoms. The van der Waals surface area contributed by atoms with Gasteiger partial charge in [-0.2, -0.15) is 0 Å². The quantitative estimate of drug-likeness (QED) is 0.0730. The molecule has 12 N–H and O–H groups in total. The van der Waals surface area contributed by atoms with E-state index in [1.807, 2.05) is 0 Å². The number of imidazole rings is 1. The summed E-state index contributed by atoms with van der Waals surface area (Å²) in [6, 6.07) is -5.42. The number of hydrogen-bond acceptors (Lipinski definition) is 10. The molecule has 1 aliphatic rings. The van der Waals surface area contributed by atoms with E-state index in [1.165, 1.54) is 17.4 Å². The average molecular weight is 596 g/mol. The van der Waals surface area contributed by atoms with Gasteiger partial charge in [0.15, 0.2) is 0 Å². The summed E-state index contributed by atoms with van der Waals surface area (Å²) in [6.45, 7) is 0.477. The molecule has 16 heteroatoms. The number of carbonyl (C=O) groups excluding carboxylic acids is 4. The Balaban J connectivity index is 2.17. The third-order valence-electron chi connectivity index (χ3n) is 7.11. The Morgan fingerprint density at radius 3 is 2.10 bits per heavy atom. The van der Waals surface area contributed by atoms with E-state index in [-0.39, 0.29) is 19.3 Å². The molecule has 2 heterocycles. The van der Waals surface area contributed by atoms with Crippen molar-refractivity contribution in [2.45, 2.75) is 88.0 Å². The van der Waals surface area contributed by atoms with Crippen LogP contribution in [0, 0.1) is 0 Å². The number of H-pyrrole nitrogens is 1. The van der Waals surface area contributed by atoms with Crippen LogP contribution in [0.25, 0.3) is 0 Å². The van der Waals surface area contributed by atoms with Crippen LogP contribution in [0.3, 0.4) is 0 Å². The van der Waals surface area contributed by atoms with Crippen molar-refractivity contribution in [1.82, 2.24) is 30.8 Å². The predicted octanol–water partition coefficient (Wildman–Crippen LogP) is -2.94. The van der Waals surface area contributed by atoms with Crippen LogP contribution in [0.1, 0.15) is 57.1 Å². The van der Waals surface area contributed by atoms with Crippen molar-refractivity contribution in [1.29, 1.82) is 0 Å². The fourth-order valence-corrected chi connectivity index (χ4v) is 4.75. The fourth-order valence-electron chi connectivity index (χ4n) is 4.75. The molecule has 1 fully saturated rings. The zero-order chi connectivity index (χ0) is 31.1. The highest BCUT2D eigenvalue weighted by Crippen LogP contribution is 2.19. The van der Waals surface area contributed by atoms with Crippen LogP contribution in [0.4, 0.5) is 0 Å². The maximum Gasteiger partial charge on any atom is 0.326 e. The first kappa shape index (κ1) is 34.6. The molecule has 0 radical (unpaired) electrons. The molecule has 236 valence electrons. The van der Waals surface area contributed by atoms with Crippen molar-refractivity contribution in [3.63, 3.8) is 0 Å². The average Bonchev–Trinajstić information content (AvgIpc) is 3.67. The number of aliphatic carboxylic acids is 1. The van der Waals surface area contributed by atoms with E-state index in [0.717, 1.165) is 0 Å². The van der Waals surface area contributed by atoms with E-state index in [4.69, 9.17) is 17.2 Å². The van der Waals surface area contributed by atoms with Crippen LogP contribution in [-0.4, -0.2) is 111 Å². The van der Waals surface area contributed by atoms with Crippen molar-refractivity contribution in [3.8, 4) is 0 Å². The number of carbonyl (C=O) groups is 5. The molecule has 0 spiro atoms. The number of aromatic amines is 1. The van der Waals surface area contributed by atoms with Gasteiger partial charge in [-0.1, -0.05) is 0 Å². The lowest BCUT2D eigenvalue weighted by Gasteiger charge is -2.28. The number of aromatic nitrogens is 2. The van der Waals surface area contributed by atoms with Crippen LogP contribution in [0.15, 0.2) is 12.5 Å². The molecule has 1 aromatic rings. The number of unbranched alkanes of at least 4 members (excludes halogenated alkanes) is 2. The number of nitrogens with two attached hydrogens (primary N) is 3. The van der Waals surface area contributed by atoms with Gasteiger partial charge in [0, 0.05) is 24.9 Å². The molecular weight excluding hydrogens is 550 g/mol. The second-order valence-electron chi connectivity index (χ2n) is 10.4. The first-order valence-corrected chi connectivity index (χ1v) is 14.3. The monoisotopic (exact) mass is 595 g/mol. The first-order valence-electron chi connectivity index (χ1n) is 14.3. The normalized spacial score (nSPS) is 17.6. The maximum atomic E-state index is 13.5. The van der Waals surface area contributed by atoms with Gasteiger partial charge in [-0.3, -0.25) is 19.2 Å². The third-order valence-corrected chi connectivity index (χ3v) is 7.11. The number of hydrogen-bond donors (Lipinski definition) is 9. The number of aliphatic hydroxyl groups is 1. The van der Waals surface area contributed by atoms with Gasteiger partial charge < -0.3 is 53.2 Å². The molecule has 1 aromatic heterocycles. The number of aliphatic hydroxyl groups excluding tert-OH is 1. The molecule has 0 bridgehead atoms. The second kappa shape index (κ2) is 18.0. The molecule has 1 saturated heterocycles. The molecule has 1 aliphatic heterocycles. The van der Waals surface area contributed by atoms with E-state index >= 15 is 0 Å². The molecule has 4 amide bonds. The molecule has 2 rings (SSSR count). The number of nitrogens with zero attached hydrogens (tertiary/aromatic N) is 2. The lowest BCUT2D eigenvalue weighted by molar-refractivity contribution is -0.142. The lowest BCUT2D eigenvalue weighted by atomic mass is 10.0. The van der Waals surface area contributed by atoms with Crippen LogP contribution < -0.4 is 33.2 Å². The minimum atomic E-state index is -1.27. The number of nitrogens with one attached hydrogen (secondary N) is 4. The van der Waals surface area contributed by atoms with Crippen LogP contribution in [-0.2, 0) is 30.4 Å². The third kappa shape index (κ3) is 10.7. The lowest BCUT2D eigenvalue weighted by Crippen LogP contribution is -2.58. The van der Waals surface area contributed by atoms with Crippen molar-refractivity contribution >= 4 is 29.6 Å².